The Morgan fingerprint density at radius 3 is 2.60 bits per heavy atom. The van der Waals surface area contributed by atoms with E-state index in [1.54, 1.807) is 6.34 Å². The molecule has 1 rings (SSSR count). The summed E-state index contributed by atoms with van der Waals surface area (Å²) in [5.41, 5.74) is 0. The monoisotopic (exact) mass is 142 g/mol. The molecule has 56 valence electrons. The molecule has 1 aliphatic heterocycles. The van der Waals surface area contributed by atoms with Gasteiger partial charge in [-0.3, -0.25) is 4.99 Å². The minimum absolute atomic E-state index is 0.833. The third-order valence-corrected chi connectivity index (χ3v) is 0.742. The molecule has 0 radical (unpaired) electrons. The van der Waals surface area contributed by atoms with Crippen LogP contribution in [0.25, 0.3) is 0 Å². The lowest BCUT2D eigenvalue weighted by Gasteiger charge is -1.75. The van der Waals surface area contributed by atoms with Crippen molar-refractivity contribution in [2.75, 3.05) is 13.1 Å². The van der Waals surface area contributed by atoms with E-state index in [1.165, 1.54) is 0 Å². The Bertz CT molecular complexity index is 137. The summed E-state index contributed by atoms with van der Waals surface area (Å²) >= 11 is 0. The number of carboxylic acid groups (broad SMARTS) is 1. The molecule has 0 amide bonds. The van der Waals surface area contributed by atoms with Crippen LogP contribution in [0.15, 0.2) is 17.6 Å². The van der Waals surface area contributed by atoms with Crippen molar-refractivity contribution in [1.29, 1.82) is 0 Å². The molecule has 1 aliphatic rings. The lowest BCUT2D eigenvalue weighted by Crippen LogP contribution is -2.04. The van der Waals surface area contributed by atoms with E-state index in [0.29, 0.717) is 0 Å². The van der Waals surface area contributed by atoms with Crippen LogP contribution in [0.5, 0.6) is 0 Å². The normalized spacial score (nSPS) is 12.8. The zero-order chi connectivity index (χ0) is 7.82. The molecule has 0 saturated heterocycles. The molecule has 0 aromatic heterocycles. The molecule has 0 bridgehead atoms. The van der Waals surface area contributed by atoms with E-state index in [2.05, 4.69) is 16.9 Å². The fourth-order valence-electron chi connectivity index (χ4n) is 0.323. The lowest BCUT2D eigenvalue weighted by molar-refractivity contribution is -0.131. The fourth-order valence-corrected chi connectivity index (χ4v) is 0.323. The molecule has 0 atom stereocenters. The smallest absolute Gasteiger partial charge is 0.327 e. The Kier molecular flexibility index (Phi) is 5.04. The summed E-state index contributed by atoms with van der Waals surface area (Å²) in [6.07, 6.45) is 2.57. The first-order valence-corrected chi connectivity index (χ1v) is 2.84. The molecule has 0 aromatic rings. The van der Waals surface area contributed by atoms with Crippen molar-refractivity contribution >= 4 is 12.3 Å². The third-order valence-electron chi connectivity index (χ3n) is 0.742. The van der Waals surface area contributed by atoms with Gasteiger partial charge in [-0.2, -0.15) is 0 Å². The van der Waals surface area contributed by atoms with Gasteiger partial charge in [0.25, 0.3) is 0 Å². The van der Waals surface area contributed by atoms with Crippen molar-refractivity contribution < 1.29 is 9.90 Å². The Morgan fingerprint density at radius 2 is 2.50 bits per heavy atom. The summed E-state index contributed by atoms with van der Waals surface area (Å²) in [5, 5.41) is 10.5. The molecule has 4 heteroatoms. The maximum Gasteiger partial charge on any atom is 0.327 e. The van der Waals surface area contributed by atoms with Crippen LogP contribution in [0.4, 0.5) is 0 Å². The Balaban J connectivity index is 0.000000162. The minimum Gasteiger partial charge on any atom is -0.478 e. The van der Waals surface area contributed by atoms with Crippen LogP contribution in [0.3, 0.4) is 0 Å². The standard InChI is InChI=1S/C3H6N2.C3H4O2/c1-2-5-3-4-1;1-2-3(4)5/h3H,1-2H2,(H,4,5);2H,1H2,(H,4,5). The zero-order valence-corrected chi connectivity index (χ0v) is 5.58. The van der Waals surface area contributed by atoms with Gasteiger partial charge >= 0.3 is 5.97 Å². The number of carboxylic acids is 1. The number of rotatable bonds is 1. The Labute approximate surface area is 59.3 Å². The maximum atomic E-state index is 9.25. The molecule has 0 aromatic carbocycles. The van der Waals surface area contributed by atoms with Crippen LogP contribution in [0.1, 0.15) is 0 Å². The van der Waals surface area contributed by atoms with E-state index in [0.717, 1.165) is 19.2 Å². The molecule has 1 heterocycles. The highest BCUT2D eigenvalue weighted by atomic mass is 16.4. The van der Waals surface area contributed by atoms with E-state index in [1.807, 2.05) is 0 Å². The van der Waals surface area contributed by atoms with Crippen LogP contribution >= 0.6 is 0 Å². The van der Waals surface area contributed by atoms with E-state index in [4.69, 9.17) is 5.11 Å². The predicted octanol–water partition coefficient (Wildman–Crippen LogP) is -0.125. The Morgan fingerprint density at radius 1 is 1.90 bits per heavy atom. The molecule has 0 aliphatic carbocycles. The summed E-state index contributed by atoms with van der Waals surface area (Å²) < 4.78 is 0. The van der Waals surface area contributed by atoms with Gasteiger partial charge in [-0.05, 0) is 0 Å². The first-order valence-electron chi connectivity index (χ1n) is 2.84. The molecular formula is C6H10N2O2. The van der Waals surface area contributed by atoms with Crippen molar-refractivity contribution in [3.63, 3.8) is 0 Å². The number of hydrogen-bond acceptors (Lipinski definition) is 3. The van der Waals surface area contributed by atoms with Gasteiger partial charge < -0.3 is 10.4 Å². The second kappa shape index (κ2) is 5.81. The van der Waals surface area contributed by atoms with Gasteiger partial charge in [0, 0.05) is 12.6 Å². The molecule has 0 fully saturated rings. The van der Waals surface area contributed by atoms with Crippen LogP contribution in [0, 0.1) is 0 Å². The van der Waals surface area contributed by atoms with Crippen molar-refractivity contribution in [2.24, 2.45) is 4.99 Å². The maximum absolute atomic E-state index is 9.25. The van der Waals surface area contributed by atoms with E-state index in [-0.39, 0.29) is 0 Å². The second-order valence-electron chi connectivity index (χ2n) is 1.53. The van der Waals surface area contributed by atoms with E-state index >= 15 is 0 Å². The van der Waals surface area contributed by atoms with Gasteiger partial charge in [0.2, 0.25) is 0 Å². The van der Waals surface area contributed by atoms with Gasteiger partial charge in [-0.1, -0.05) is 6.58 Å². The van der Waals surface area contributed by atoms with Crippen LogP contribution in [0.2, 0.25) is 0 Å². The topological polar surface area (TPSA) is 61.7 Å². The number of aliphatic imine (C=N–C) groups is 1. The van der Waals surface area contributed by atoms with Crippen molar-refractivity contribution in [3.05, 3.63) is 12.7 Å². The predicted molar refractivity (Wildman–Crippen MR) is 39.2 cm³/mol. The number of nitrogens with one attached hydrogen (secondary N) is 1. The fraction of sp³-hybridized carbons (Fsp3) is 0.333. The third kappa shape index (κ3) is 6.68. The number of nitrogens with zero attached hydrogens (tertiary/aromatic N) is 1. The van der Waals surface area contributed by atoms with Gasteiger partial charge in [0.05, 0.1) is 12.9 Å². The van der Waals surface area contributed by atoms with Crippen LogP contribution in [-0.2, 0) is 4.79 Å². The summed E-state index contributed by atoms with van der Waals surface area (Å²) in [6, 6.07) is 0. The molecule has 2 N–H and O–H groups in total. The first kappa shape index (κ1) is 8.68. The van der Waals surface area contributed by atoms with Gasteiger partial charge in [-0.25, -0.2) is 4.79 Å². The van der Waals surface area contributed by atoms with Gasteiger partial charge in [0.1, 0.15) is 0 Å². The van der Waals surface area contributed by atoms with Crippen molar-refractivity contribution in [1.82, 2.24) is 5.32 Å². The summed E-state index contributed by atoms with van der Waals surface area (Å²) in [6.45, 7) is 4.95. The highest BCUT2D eigenvalue weighted by molar-refractivity contribution is 5.78. The van der Waals surface area contributed by atoms with Crippen LogP contribution in [-0.4, -0.2) is 30.5 Å². The van der Waals surface area contributed by atoms with Gasteiger partial charge in [0.15, 0.2) is 0 Å². The van der Waals surface area contributed by atoms with Crippen molar-refractivity contribution in [2.45, 2.75) is 0 Å². The molecular weight excluding hydrogens is 132 g/mol. The number of hydrogen-bond donors (Lipinski definition) is 2. The van der Waals surface area contributed by atoms with E-state index in [9.17, 15) is 4.79 Å². The second-order valence-corrected chi connectivity index (χ2v) is 1.53. The van der Waals surface area contributed by atoms with Gasteiger partial charge in [-0.15, -0.1) is 0 Å². The average Bonchev–Trinajstić information content (AvgIpc) is 2.43. The summed E-state index contributed by atoms with van der Waals surface area (Å²) in [5.74, 6) is -0.981. The lowest BCUT2D eigenvalue weighted by atomic mass is 10.7. The number of aliphatic carboxylic acids is 1. The molecule has 10 heavy (non-hydrogen) atoms. The number of carbonyl (C=O) groups is 1. The molecule has 0 spiro atoms. The summed E-state index contributed by atoms with van der Waals surface area (Å²) in [7, 11) is 0. The van der Waals surface area contributed by atoms with Crippen molar-refractivity contribution in [3.8, 4) is 0 Å². The minimum atomic E-state index is -0.981. The van der Waals surface area contributed by atoms with Crippen LogP contribution < -0.4 is 5.32 Å². The summed E-state index contributed by atoms with van der Waals surface area (Å²) in [4.78, 5) is 13.1. The molecule has 0 saturated carbocycles. The SMILES string of the molecule is C1=NCCN1.C=CC(=O)O. The molecule has 0 unspecified atom stereocenters. The zero-order valence-electron chi connectivity index (χ0n) is 5.58. The largest absolute Gasteiger partial charge is 0.478 e. The van der Waals surface area contributed by atoms with E-state index < -0.39 is 5.97 Å². The highest BCUT2D eigenvalue weighted by Gasteiger charge is 1.82. The Hall–Kier alpha value is -1.32. The highest BCUT2D eigenvalue weighted by Crippen LogP contribution is 1.68. The average molecular weight is 142 g/mol. The first-order chi connectivity index (χ1) is 4.77. The molecule has 4 nitrogen and oxygen atoms in total. The quantitative estimate of drug-likeness (QED) is 0.501.